The number of halogens is 2. The molecule has 0 radical (unpaired) electrons. The van der Waals surface area contributed by atoms with Gasteiger partial charge in [0.1, 0.15) is 11.6 Å². The van der Waals surface area contributed by atoms with Crippen LogP contribution in [-0.2, 0) is 6.42 Å². The van der Waals surface area contributed by atoms with E-state index in [1.54, 1.807) is 0 Å². The normalized spacial score (nSPS) is 25.7. The second-order valence-electron chi connectivity index (χ2n) is 4.70. The van der Waals surface area contributed by atoms with Crippen LogP contribution < -0.4 is 5.73 Å². The zero-order valence-electron chi connectivity index (χ0n) is 9.26. The quantitative estimate of drug-likeness (QED) is 0.822. The lowest BCUT2D eigenvalue weighted by molar-refractivity contribution is 0.315. The topological polar surface area (TPSA) is 26.0 Å². The maximum Gasteiger partial charge on any atom is 0.129 e. The largest absolute Gasteiger partial charge is 0.328 e. The minimum Gasteiger partial charge on any atom is -0.328 e. The van der Waals surface area contributed by atoms with Crippen LogP contribution in [0.5, 0.6) is 0 Å². The van der Waals surface area contributed by atoms with Crippen molar-refractivity contribution in [2.24, 2.45) is 11.7 Å². The Hall–Kier alpha value is -0.960. The molecular formula is C13H17F2N. The molecular weight excluding hydrogens is 208 g/mol. The van der Waals surface area contributed by atoms with Gasteiger partial charge in [0.15, 0.2) is 0 Å². The Bertz CT molecular complexity index is 345. The highest BCUT2D eigenvalue weighted by atomic mass is 19.1. The average Bonchev–Trinajstić information content (AvgIpc) is 2.24. The smallest absolute Gasteiger partial charge is 0.129 e. The minimum atomic E-state index is -0.431. The van der Waals surface area contributed by atoms with Crippen molar-refractivity contribution < 1.29 is 8.78 Å². The summed E-state index contributed by atoms with van der Waals surface area (Å²) < 4.78 is 26.9. The number of benzene rings is 1. The van der Waals surface area contributed by atoms with Gasteiger partial charge in [0.05, 0.1) is 0 Å². The van der Waals surface area contributed by atoms with Crippen LogP contribution in [0.25, 0.3) is 0 Å². The van der Waals surface area contributed by atoms with Gasteiger partial charge in [-0.25, -0.2) is 8.78 Å². The minimum absolute atomic E-state index is 0.202. The molecule has 16 heavy (non-hydrogen) atoms. The number of rotatable bonds is 2. The summed E-state index contributed by atoms with van der Waals surface area (Å²) >= 11 is 0. The van der Waals surface area contributed by atoms with Gasteiger partial charge in [-0.3, -0.25) is 0 Å². The Labute approximate surface area is 94.7 Å². The average molecular weight is 225 g/mol. The predicted octanol–water partition coefficient (Wildman–Crippen LogP) is 3.02. The van der Waals surface area contributed by atoms with Crippen molar-refractivity contribution in [1.82, 2.24) is 0 Å². The van der Waals surface area contributed by atoms with Gasteiger partial charge in [0, 0.05) is 11.6 Å². The molecule has 0 saturated heterocycles. The van der Waals surface area contributed by atoms with E-state index in [1.165, 1.54) is 18.2 Å². The molecule has 0 amide bonds. The van der Waals surface area contributed by atoms with Crippen molar-refractivity contribution in [3.8, 4) is 0 Å². The summed E-state index contributed by atoms with van der Waals surface area (Å²) in [5.74, 6) is -0.534. The maximum absolute atomic E-state index is 13.4. The standard InChI is InChI=1S/C13H17F2N/c14-12-5-2-6-13(15)11(12)8-9-3-1-4-10(16)7-9/h2,5-6,9-10H,1,3-4,7-8,16H2. The van der Waals surface area contributed by atoms with Gasteiger partial charge in [0.25, 0.3) is 0 Å². The second kappa shape index (κ2) is 4.91. The van der Waals surface area contributed by atoms with Crippen LogP contribution >= 0.6 is 0 Å². The molecule has 1 aromatic rings. The van der Waals surface area contributed by atoms with Crippen molar-refractivity contribution in [3.05, 3.63) is 35.4 Å². The highest BCUT2D eigenvalue weighted by Gasteiger charge is 2.21. The molecule has 1 aliphatic carbocycles. The summed E-state index contributed by atoms with van der Waals surface area (Å²) in [6.07, 6.45) is 4.50. The van der Waals surface area contributed by atoms with Crippen LogP contribution in [-0.4, -0.2) is 6.04 Å². The third-order valence-corrected chi connectivity index (χ3v) is 3.38. The van der Waals surface area contributed by atoms with Crippen molar-refractivity contribution in [3.63, 3.8) is 0 Å². The Morgan fingerprint density at radius 1 is 1.19 bits per heavy atom. The van der Waals surface area contributed by atoms with Gasteiger partial charge < -0.3 is 5.73 Å². The fourth-order valence-corrected chi connectivity index (χ4v) is 2.53. The maximum atomic E-state index is 13.4. The highest BCUT2D eigenvalue weighted by molar-refractivity contribution is 5.20. The van der Waals surface area contributed by atoms with E-state index in [-0.39, 0.29) is 11.6 Å². The number of hydrogen-bond donors (Lipinski definition) is 1. The molecule has 1 aromatic carbocycles. The van der Waals surface area contributed by atoms with E-state index < -0.39 is 11.6 Å². The molecule has 1 fully saturated rings. The first kappa shape index (κ1) is 11.5. The van der Waals surface area contributed by atoms with Crippen LogP contribution in [0.1, 0.15) is 31.2 Å². The van der Waals surface area contributed by atoms with E-state index in [4.69, 9.17) is 5.73 Å². The van der Waals surface area contributed by atoms with E-state index in [9.17, 15) is 8.78 Å². The molecule has 0 aromatic heterocycles. The molecule has 1 saturated carbocycles. The van der Waals surface area contributed by atoms with E-state index in [2.05, 4.69) is 0 Å². The van der Waals surface area contributed by atoms with Crippen molar-refractivity contribution in [2.75, 3.05) is 0 Å². The van der Waals surface area contributed by atoms with E-state index in [0.29, 0.717) is 12.3 Å². The van der Waals surface area contributed by atoms with Crippen LogP contribution in [0.4, 0.5) is 8.78 Å². The van der Waals surface area contributed by atoms with Crippen LogP contribution in [0.15, 0.2) is 18.2 Å². The SMILES string of the molecule is NC1CCCC(Cc2c(F)cccc2F)C1. The molecule has 2 rings (SSSR count). The molecule has 3 heteroatoms. The van der Waals surface area contributed by atoms with Crippen molar-refractivity contribution >= 4 is 0 Å². The van der Waals surface area contributed by atoms with E-state index in [1.807, 2.05) is 0 Å². The summed E-state index contributed by atoms with van der Waals surface area (Å²) in [5.41, 5.74) is 6.09. The Morgan fingerprint density at radius 2 is 1.88 bits per heavy atom. The highest BCUT2D eigenvalue weighted by Crippen LogP contribution is 2.28. The van der Waals surface area contributed by atoms with Crippen LogP contribution in [0.3, 0.4) is 0 Å². The number of hydrogen-bond acceptors (Lipinski definition) is 1. The molecule has 1 nitrogen and oxygen atoms in total. The summed E-state index contributed by atoms with van der Waals surface area (Å²) in [6.45, 7) is 0. The van der Waals surface area contributed by atoms with Gasteiger partial charge in [-0.1, -0.05) is 18.9 Å². The van der Waals surface area contributed by atoms with Crippen molar-refractivity contribution in [1.29, 1.82) is 0 Å². The zero-order valence-corrected chi connectivity index (χ0v) is 9.26. The van der Waals surface area contributed by atoms with E-state index >= 15 is 0 Å². The van der Waals surface area contributed by atoms with Gasteiger partial charge in [0.2, 0.25) is 0 Å². The summed E-state index contributed by atoms with van der Waals surface area (Å²) in [5, 5.41) is 0. The molecule has 2 N–H and O–H groups in total. The van der Waals surface area contributed by atoms with Crippen LogP contribution in [0.2, 0.25) is 0 Å². The summed E-state index contributed by atoms with van der Waals surface area (Å²) in [7, 11) is 0. The fraction of sp³-hybridized carbons (Fsp3) is 0.538. The predicted molar refractivity (Wildman–Crippen MR) is 60.0 cm³/mol. The third kappa shape index (κ3) is 2.59. The number of nitrogens with two attached hydrogens (primary N) is 1. The molecule has 88 valence electrons. The molecule has 0 spiro atoms. The Balaban J connectivity index is 2.08. The van der Waals surface area contributed by atoms with Gasteiger partial charge in [-0.2, -0.15) is 0 Å². The van der Waals surface area contributed by atoms with E-state index in [0.717, 1.165) is 25.7 Å². The molecule has 2 atom stereocenters. The monoisotopic (exact) mass is 225 g/mol. The lowest BCUT2D eigenvalue weighted by atomic mass is 9.82. The molecule has 1 aliphatic rings. The molecule has 2 unspecified atom stereocenters. The summed E-state index contributed by atoms with van der Waals surface area (Å²) in [4.78, 5) is 0. The van der Waals surface area contributed by atoms with Crippen molar-refractivity contribution in [2.45, 2.75) is 38.1 Å². The molecule has 0 aliphatic heterocycles. The lowest BCUT2D eigenvalue weighted by Gasteiger charge is -2.26. The molecule has 0 bridgehead atoms. The first-order valence-electron chi connectivity index (χ1n) is 5.85. The van der Waals surface area contributed by atoms with Gasteiger partial charge in [-0.15, -0.1) is 0 Å². The Kier molecular flexibility index (Phi) is 3.54. The second-order valence-corrected chi connectivity index (χ2v) is 4.70. The lowest BCUT2D eigenvalue weighted by Crippen LogP contribution is -2.29. The Morgan fingerprint density at radius 3 is 2.50 bits per heavy atom. The van der Waals surface area contributed by atoms with Crippen LogP contribution in [0, 0.1) is 17.6 Å². The molecule has 0 heterocycles. The third-order valence-electron chi connectivity index (χ3n) is 3.38. The van der Waals surface area contributed by atoms with Gasteiger partial charge >= 0.3 is 0 Å². The summed E-state index contributed by atoms with van der Waals surface area (Å²) in [6, 6.07) is 4.25. The first-order valence-corrected chi connectivity index (χ1v) is 5.85. The zero-order chi connectivity index (χ0) is 11.5. The first-order chi connectivity index (χ1) is 7.66. The fourth-order valence-electron chi connectivity index (χ4n) is 2.53. The van der Waals surface area contributed by atoms with Gasteiger partial charge in [-0.05, 0) is 37.3 Å².